The van der Waals surface area contributed by atoms with Crippen molar-refractivity contribution in [1.82, 2.24) is 9.55 Å². The predicted octanol–water partition coefficient (Wildman–Crippen LogP) is 2.86. The van der Waals surface area contributed by atoms with Crippen molar-refractivity contribution in [3.05, 3.63) is 24.0 Å². The molecule has 0 aliphatic rings. The number of nitrogens with zero attached hydrogens (tertiary/aromatic N) is 2. The first-order valence-electron chi connectivity index (χ1n) is 6.74. The Morgan fingerprint density at radius 2 is 2.19 bits per heavy atom. The summed E-state index contributed by atoms with van der Waals surface area (Å²) in [5.41, 5.74) is 6.48. The first-order valence-corrected chi connectivity index (χ1v) is 7.18. The molecule has 0 bridgehead atoms. The molecule has 0 saturated heterocycles. The molecule has 0 aliphatic heterocycles. The summed E-state index contributed by atoms with van der Waals surface area (Å²) in [6.45, 7) is 5.89. The van der Waals surface area contributed by atoms with E-state index in [2.05, 4.69) is 4.98 Å². The first-order chi connectivity index (χ1) is 9.76. The smallest absolute Gasteiger partial charge is 0.224 e. The summed E-state index contributed by atoms with van der Waals surface area (Å²) in [4.78, 5) is 16.2. The number of methoxy groups -OCH3 is 1. The van der Waals surface area contributed by atoms with Gasteiger partial charge in [0.2, 0.25) is 5.91 Å². The maximum Gasteiger partial charge on any atom is 0.224 e. The van der Waals surface area contributed by atoms with Crippen LogP contribution in [-0.2, 0) is 11.3 Å². The molecule has 1 unspecified atom stereocenters. The summed E-state index contributed by atoms with van der Waals surface area (Å²) < 4.78 is 7.20. The molecular formula is C15H20ClN3O2. The lowest BCUT2D eigenvalue weighted by Crippen LogP contribution is -2.35. The molecule has 0 spiro atoms. The van der Waals surface area contributed by atoms with E-state index in [1.807, 2.05) is 43.5 Å². The van der Waals surface area contributed by atoms with Crippen LogP contribution in [0.15, 0.2) is 18.2 Å². The Kier molecular flexibility index (Phi) is 4.14. The van der Waals surface area contributed by atoms with Crippen LogP contribution >= 0.6 is 11.6 Å². The van der Waals surface area contributed by atoms with E-state index in [0.29, 0.717) is 12.4 Å². The second-order valence-electron chi connectivity index (χ2n) is 5.77. The van der Waals surface area contributed by atoms with Crippen LogP contribution in [0.1, 0.15) is 32.0 Å². The zero-order valence-corrected chi connectivity index (χ0v) is 13.4. The summed E-state index contributed by atoms with van der Waals surface area (Å²) in [6, 6.07) is 5.62. The standard InChI is InChI=1S/C15H20ClN3O2/c1-9(16)13-18-11-6-5-10(21-4)7-12(11)19(13)8-15(2,3)14(17)20/h5-7,9H,8H2,1-4H3,(H2,17,20). The van der Waals surface area contributed by atoms with Gasteiger partial charge in [0.15, 0.2) is 0 Å². The quantitative estimate of drug-likeness (QED) is 0.863. The van der Waals surface area contributed by atoms with Gasteiger partial charge in [-0.15, -0.1) is 11.6 Å². The van der Waals surface area contributed by atoms with Crippen molar-refractivity contribution in [3.63, 3.8) is 0 Å². The maximum absolute atomic E-state index is 11.6. The fourth-order valence-electron chi connectivity index (χ4n) is 2.19. The molecule has 2 rings (SSSR count). The monoisotopic (exact) mass is 309 g/mol. The number of rotatable bonds is 5. The fourth-order valence-corrected chi connectivity index (χ4v) is 2.36. The summed E-state index contributed by atoms with van der Waals surface area (Å²) in [5, 5.41) is -0.271. The lowest BCUT2D eigenvalue weighted by Gasteiger charge is -2.23. The minimum Gasteiger partial charge on any atom is -0.497 e. The van der Waals surface area contributed by atoms with Crippen molar-refractivity contribution < 1.29 is 9.53 Å². The number of halogens is 1. The molecule has 0 radical (unpaired) electrons. The number of ether oxygens (including phenoxy) is 1. The Labute approximate surface area is 129 Å². The van der Waals surface area contributed by atoms with Crippen LogP contribution < -0.4 is 10.5 Å². The minimum atomic E-state index is -0.697. The van der Waals surface area contributed by atoms with Gasteiger partial charge in [-0.3, -0.25) is 4.79 Å². The molecule has 5 nitrogen and oxygen atoms in total. The van der Waals surface area contributed by atoms with Crippen LogP contribution in [0.4, 0.5) is 0 Å². The Hall–Kier alpha value is -1.75. The van der Waals surface area contributed by atoms with Gasteiger partial charge in [0.25, 0.3) is 0 Å². The molecule has 6 heteroatoms. The third-order valence-electron chi connectivity index (χ3n) is 3.56. The van der Waals surface area contributed by atoms with Gasteiger partial charge in [0, 0.05) is 12.6 Å². The number of benzene rings is 1. The number of nitrogens with two attached hydrogens (primary N) is 1. The normalized spacial score (nSPS) is 13.4. The van der Waals surface area contributed by atoms with E-state index < -0.39 is 5.41 Å². The summed E-state index contributed by atoms with van der Waals surface area (Å²) in [7, 11) is 1.61. The van der Waals surface area contributed by atoms with Crippen LogP contribution in [0.25, 0.3) is 11.0 Å². The lowest BCUT2D eigenvalue weighted by atomic mass is 9.92. The van der Waals surface area contributed by atoms with Crippen molar-refractivity contribution in [2.45, 2.75) is 32.7 Å². The summed E-state index contributed by atoms with van der Waals surface area (Å²) in [6.07, 6.45) is 0. The summed E-state index contributed by atoms with van der Waals surface area (Å²) in [5.74, 6) is 1.09. The number of hydrogen-bond donors (Lipinski definition) is 1. The van der Waals surface area contributed by atoms with E-state index in [-0.39, 0.29) is 11.3 Å². The Balaban J connectivity index is 2.62. The molecule has 2 N–H and O–H groups in total. The van der Waals surface area contributed by atoms with Crippen molar-refractivity contribution >= 4 is 28.5 Å². The number of fused-ring (bicyclic) bond motifs is 1. The summed E-state index contributed by atoms with van der Waals surface area (Å²) >= 11 is 6.23. The highest BCUT2D eigenvalue weighted by Gasteiger charge is 2.28. The van der Waals surface area contributed by atoms with Crippen LogP contribution in [0.3, 0.4) is 0 Å². The van der Waals surface area contributed by atoms with Gasteiger partial charge in [0.05, 0.1) is 28.9 Å². The minimum absolute atomic E-state index is 0.271. The van der Waals surface area contributed by atoms with Gasteiger partial charge in [-0.1, -0.05) is 0 Å². The van der Waals surface area contributed by atoms with Crippen molar-refractivity contribution in [3.8, 4) is 5.75 Å². The van der Waals surface area contributed by atoms with E-state index in [9.17, 15) is 4.79 Å². The Bertz CT molecular complexity index is 677. The van der Waals surface area contributed by atoms with Gasteiger partial charge in [-0.25, -0.2) is 4.98 Å². The molecule has 2 aromatic rings. The zero-order chi connectivity index (χ0) is 15.8. The second-order valence-corrected chi connectivity index (χ2v) is 6.43. The number of carbonyl (C=O) groups excluding carboxylic acids is 1. The molecule has 0 saturated carbocycles. The van der Waals surface area contributed by atoms with Gasteiger partial charge in [-0.05, 0) is 32.9 Å². The predicted molar refractivity (Wildman–Crippen MR) is 83.5 cm³/mol. The highest BCUT2D eigenvalue weighted by molar-refractivity contribution is 6.20. The third-order valence-corrected chi connectivity index (χ3v) is 3.76. The molecular weight excluding hydrogens is 290 g/mol. The number of amides is 1. The van der Waals surface area contributed by atoms with Crippen LogP contribution in [-0.4, -0.2) is 22.6 Å². The Morgan fingerprint density at radius 3 is 2.71 bits per heavy atom. The average molecular weight is 310 g/mol. The molecule has 114 valence electrons. The molecule has 21 heavy (non-hydrogen) atoms. The SMILES string of the molecule is COc1ccc2nc(C(C)Cl)n(CC(C)(C)C(N)=O)c2c1. The Morgan fingerprint density at radius 1 is 1.52 bits per heavy atom. The third kappa shape index (κ3) is 2.97. The molecule has 0 fully saturated rings. The van der Waals surface area contributed by atoms with Crippen LogP contribution in [0, 0.1) is 5.41 Å². The first kappa shape index (κ1) is 15.6. The molecule has 1 heterocycles. The number of hydrogen-bond acceptors (Lipinski definition) is 3. The van der Waals surface area contributed by atoms with E-state index in [4.69, 9.17) is 22.1 Å². The van der Waals surface area contributed by atoms with Gasteiger partial charge >= 0.3 is 0 Å². The van der Waals surface area contributed by atoms with E-state index in [1.165, 1.54) is 0 Å². The average Bonchev–Trinajstić information content (AvgIpc) is 2.76. The molecule has 1 atom stereocenters. The molecule has 1 aromatic carbocycles. The van der Waals surface area contributed by atoms with Crippen molar-refractivity contribution in [1.29, 1.82) is 0 Å². The number of aromatic nitrogens is 2. The lowest BCUT2D eigenvalue weighted by molar-refractivity contribution is -0.126. The highest BCUT2D eigenvalue weighted by atomic mass is 35.5. The number of carbonyl (C=O) groups is 1. The van der Waals surface area contributed by atoms with Crippen LogP contribution in [0.2, 0.25) is 0 Å². The number of primary amides is 1. The van der Waals surface area contributed by atoms with Crippen molar-refractivity contribution in [2.24, 2.45) is 11.1 Å². The maximum atomic E-state index is 11.6. The van der Waals surface area contributed by atoms with Gasteiger partial charge < -0.3 is 15.0 Å². The van der Waals surface area contributed by atoms with E-state index >= 15 is 0 Å². The van der Waals surface area contributed by atoms with Gasteiger partial charge in [0.1, 0.15) is 11.6 Å². The fraction of sp³-hybridized carbons (Fsp3) is 0.467. The number of alkyl halides is 1. The molecule has 1 amide bonds. The number of imidazole rings is 1. The molecule has 0 aliphatic carbocycles. The van der Waals surface area contributed by atoms with Crippen molar-refractivity contribution in [2.75, 3.05) is 7.11 Å². The van der Waals surface area contributed by atoms with E-state index in [1.54, 1.807) is 7.11 Å². The molecule has 1 aromatic heterocycles. The zero-order valence-electron chi connectivity index (χ0n) is 12.7. The van der Waals surface area contributed by atoms with Crippen LogP contribution in [0.5, 0.6) is 5.75 Å². The topological polar surface area (TPSA) is 70.1 Å². The van der Waals surface area contributed by atoms with E-state index in [0.717, 1.165) is 16.8 Å². The second kappa shape index (κ2) is 5.56. The largest absolute Gasteiger partial charge is 0.497 e. The highest BCUT2D eigenvalue weighted by Crippen LogP contribution is 2.30. The van der Waals surface area contributed by atoms with Gasteiger partial charge in [-0.2, -0.15) is 0 Å².